The summed E-state index contributed by atoms with van der Waals surface area (Å²) in [7, 11) is 0. The number of halogens is 3. The lowest BCUT2D eigenvalue weighted by atomic mass is 9.97. The molecular formula is C11H11F3N2O. The molecule has 2 fully saturated rings. The monoisotopic (exact) mass is 244 g/mol. The quantitative estimate of drug-likeness (QED) is 0.816. The number of alkyl halides is 3. The number of fused-ring (bicyclic) bond motifs is 2. The maximum atomic E-state index is 12.4. The summed E-state index contributed by atoms with van der Waals surface area (Å²) in [5.41, 5.74) is -0.662. The van der Waals surface area contributed by atoms with Crippen LogP contribution in [-0.2, 0) is 16.5 Å². The molecule has 3 heterocycles. The molecule has 2 saturated heterocycles. The Bertz CT molecular complexity index is 421. The average molecular weight is 244 g/mol. The maximum Gasteiger partial charge on any atom is 0.417 e. The molecule has 2 aliphatic heterocycles. The molecule has 0 aliphatic carbocycles. The highest BCUT2D eigenvalue weighted by molar-refractivity contribution is 5.24. The van der Waals surface area contributed by atoms with Crippen molar-refractivity contribution in [3.8, 4) is 0 Å². The van der Waals surface area contributed by atoms with E-state index in [9.17, 15) is 13.2 Å². The summed E-state index contributed by atoms with van der Waals surface area (Å²) in [5.74, 6) is 0. The van der Waals surface area contributed by atoms with Crippen LogP contribution in [0.2, 0.25) is 0 Å². The third-order valence-electron chi connectivity index (χ3n) is 3.37. The lowest BCUT2D eigenvalue weighted by Gasteiger charge is -2.26. The van der Waals surface area contributed by atoms with Gasteiger partial charge in [0.2, 0.25) is 0 Å². The Balaban J connectivity index is 1.90. The van der Waals surface area contributed by atoms with E-state index in [1.165, 1.54) is 6.07 Å². The molecule has 3 rings (SSSR count). The van der Waals surface area contributed by atoms with Crippen LogP contribution in [0.4, 0.5) is 13.2 Å². The third-order valence-corrected chi connectivity index (χ3v) is 3.37. The van der Waals surface area contributed by atoms with Crippen molar-refractivity contribution in [2.75, 3.05) is 13.2 Å². The predicted octanol–water partition coefficient (Wildman–Crippen LogP) is 1.69. The minimum atomic E-state index is -4.34. The van der Waals surface area contributed by atoms with Crippen LogP contribution in [0.15, 0.2) is 18.3 Å². The Morgan fingerprint density at radius 2 is 2.24 bits per heavy atom. The van der Waals surface area contributed by atoms with Crippen molar-refractivity contribution in [2.24, 2.45) is 0 Å². The molecule has 0 saturated carbocycles. The van der Waals surface area contributed by atoms with Gasteiger partial charge in [0, 0.05) is 25.2 Å². The molecule has 1 aromatic heterocycles. The molecule has 0 spiro atoms. The second-order valence-electron chi connectivity index (χ2n) is 4.52. The topological polar surface area (TPSA) is 34.1 Å². The summed E-state index contributed by atoms with van der Waals surface area (Å²) in [6, 6.07) is 2.78. The summed E-state index contributed by atoms with van der Waals surface area (Å²) < 4.78 is 42.8. The van der Waals surface area contributed by atoms with Crippen LogP contribution >= 0.6 is 0 Å². The van der Waals surface area contributed by atoms with Crippen molar-refractivity contribution in [1.82, 2.24) is 10.3 Å². The second-order valence-corrected chi connectivity index (χ2v) is 4.52. The lowest BCUT2D eigenvalue weighted by Crippen LogP contribution is -2.37. The van der Waals surface area contributed by atoms with Gasteiger partial charge in [0.05, 0.1) is 17.9 Å². The molecule has 3 nitrogen and oxygen atoms in total. The highest BCUT2D eigenvalue weighted by Crippen LogP contribution is 2.40. The van der Waals surface area contributed by atoms with Crippen LogP contribution in [0.3, 0.4) is 0 Å². The van der Waals surface area contributed by atoms with Crippen molar-refractivity contribution >= 4 is 0 Å². The predicted molar refractivity (Wildman–Crippen MR) is 53.3 cm³/mol. The number of nitrogens with one attached hydrogen (secondary N) is 1. The standard InChI is InChI=1S/C11H11F3N2O/c12-11(13,14)7-1-2-9(15-4-7)10-3-8(5-17-10)16-6-10/h1-2,4,8,16H,3,5-6H2. The van der Waals surface area contributed by atoms with E-state index >= 15 is 0 Å². The third kappa shape index (κ3) is 1.71. The van der Waals surface area contributed by atoms with Crippen molar-refractivity contribution < 1.29 is 17.9 Å². The van der Waals surface area contributed by atoms with E-state index in [0.717, 1.165) is 18.7 Å². The minimum absolute atomic E-state index is 0.305. The van der Waals surface area contributed by atoms with Crippen molar-refractivity contribution in [3.63, 3.8) is 0 Å². The molecule has 2 atom stereocenters. The van der Waals surface area contributed by atoms with Crippen molar-refractivity contribution in [2.45, 2.75) is 24.2 Å². The molecule has 2 bridgehead atoms. The van der Waals surface area contributed by atoms with Gasteiger partial charge in [0.15, 0.2) is 0 Å². The number of hydrogen-bond acceptors (Lipinski definition) is 3. The molecule has 2 unspecified atom stereocenters. The first kappa shape index (κ1) is 11.0. The van der Waals surface area contributed by atoms with Gasteiger partial charge in [0.1, 0.15) is 5.60 Å². The van der Waals surface area contributed by atoms with Crippen LogP contribution in [0.1, 0.15) is 17.7 Å². The summed E-state index contributed by atoms with van der Waals surface area (Å²) in [6.45, 7) is 1.22. The van der Waals surface area contributed by atoms with Crippen LogP contribution in [0, 0.1) is 0 Å². The second kappa shape index (κ2) is 3.43. The van der Waals surface area contributed by atoms with E-state index in [1.54, 1.807) is 0 Å². The number of ether oxygens (including phenoxy) is 1. The van der Waals surface area contributed by atoms with Crippen molar-refractivity contribution in [1.29, 1.82) is 0 Å². The molecular weight excluding hydrogens is 233 g/mol. The van der Waals surface area contributed by atoms with Crippen LogP contribution < -0.4 is 5.32 Å². The fourth-order valence-corrected chi connectivity index (χ4v) is 2.44. The summed E-state index contributed by atoms with van der Waals surface area (Å²) >= 11 is 0. The molecule has 92 valence electrons. The Kier molecular flexibility index (Phi) is 2.21. The Labute approximate surface area is 96.0 Å². The maximum absolute atomic E-state index is 12.4. The van der Waals surface area contributed by atoms with Gasteiger partial charge in [-0.2, -0.15) is 13.2 Å². The number of aromatic nitrogens is 1. The van der Waals surface area contributed by atoms with Crippen LogP contribution in [-0.4, -0.2) is 24.2 Å². The first-order valence-corrected chi connectivity index (χ1v) is 5.41. The molecule has 2 aliphatic rings. The van der Waals surface area contributed by atoms with Gasteiger partial charge < -0.3 is 10.1 Å². The zero-order chi connectivity index (χ0) is 12.1. The van der Waals surface area contributed by atoms with Gasteiger partial charge in [-0.25, -0.2) is 0 Å². The van der Waals surface area contributed by atoms with Crippen molar-refractivity contribution in [3.05, 3.63) is 29.6 Å². The molecule has 1 aromatic rings. The first-order valence-electron chi connectivity index (χ1n) is 5.41. The first-order chi connectivity index (χ1) is 8.00. The number of hydrogen-bond donors (Lipinski definition) is 1. The average Bonchev–Trinajstić information content (AvgIpc) is 2.89. The highest BCUT2D eigenvalue weighted by Gasteiger charge is 2.48. The van der Waals surface area contributed by atoms with Gasteiger partial charge in [-0.1, -0.05) is 0 Å². The smallest absolute Gasteiger partial charge is 0.366 e. The van der Waals surface area contributed by atoms with Crippen LogP contribution in [0.25, 0.3) is 0 Å². The number of morpholine rings is 1. The van der Waals surface area contributed by atoms with Gasteiger partial charge >= 0.3 is 6.18 Å². The molecule has 6 heteroatoms. The summed E-state index contributed by atoms with van der Waals surface area (Å²) in [4.78, 5) is 3.91. The van der Waals surface area contributed by atoms with Gasteiger partial charge in [-0.15, -0.1) is 0 Å². The summed E-state index contributed by atoms with van der Waals surface area (Å²) in [6.07, 6.45) is -2.68. The Morgan fingerprint density at radius 1 is 1.41 bits per heavy atom. The normalized spacial score (nSPS) is 32.1. The van der Waals surface area contributed by atoms with Gasteiger partial charge in [0.25, 0.3) is 0 Å². The molecule has 0 radical (unpaired) electrons. The number of pyridine rings is 1. The van der Waals surface area contributed by atoms with E-state index in [4.69, 9.17) is 4.74 Å². The van der Waals surface area contributed by atoms with Gasteiger partial charge in [-0.3, -0.25) is 4.98 Å². The highest BCUT2D eigenvalue weighted by atomic mass is 19.4. The number of rotatable bonds is 1. The van der Waals surface area contributed by atoms with Crippen LogP contribution in [0.5, 0.6) is 0 Å². The molecule has 0 aromatic carbocycles. The van der Waals surface area contributed by atoms with E-state index < -0.39 is 17.3 Å². The molecule has 1 N–H and O–H groups in total. The fourth-order valence-electron chi connectivity index (χ4n) is 2.44. The zero-order valence-electron chi connectivity index (χ0n) is 8.92. The Morgan fingerprint density at radius 3 is 2.65 bits per heavy atom. The lowest BCUT2D eigenvalue weighted by molar-refractivity contribution is -0.137. The zero-order valence-corrected chi connectivity index (χ0v) is 8.92. The fraction of sp³-hybridized carbons (Fsp3) is 0.545. The van der Waals surface area contributed by atoms with Gasteiger partial charge in [-0.05, 0) is 12.1 Å². The van der Waals surface area contributed by atoms with E-state index in [0.29, 0.717) is 24.9 Å². The SMILES string of the molecule is FC(F)(F)c1ccc(C23CNC(CO2)C3)nc1. The van der Waals surface area contributed by atoms with E-state index in [1.807, 2.05) is 0 Å². The number of nitrogens with zero attached hydrogens (tertiary/aromatic N) is 1. The largest absolute Gasteiger partial charge is 0.417 e. The Hall–Kier alpha value is -1.14. The van der Waals surface area contributed by atoms with E-state index in [2.05, 4.69) is 10.3 Å². The minimum Gasteiger partial charge on any atom is -0.366 e. The summed E-state index contributed by atoms with van der Waals surface area (Å²) in [5, 5.41) is 3.25. The molecule has 17 heavy (non-hydrogen) atoms. The molecule has 0 amide bonds. The van der Waals surface area contributed by atoms with E-state index in [-0.39, 0.29) is 0 Å².